The number of likely N-dealkylation sites (N-methyl/N-ethyl adjacent to an activating group) is 1. The highest BCUT2D eigenvalue weighted by Gasteiger charge is 2.28. The molecule has 1 heterocycles. The van der Waals surface area contributed by atoms with Crippen LogP contribution in [-0.4, -0.2) is 56.0 Å². The Kier molecular flexibility index (Phi) is 3.89. The highest BCUT2D eigenvalue weighted by atomic mass is 16.2. The van der Waals surface area contributed by atoms with Crippen molar-refractivity contribution in [2.75, 3.05) is 34.2 Å². The van der Waals surface area contributed by atoms with Crippen molar-refractivity contribution in [2.24, 2.45) is 11.7 Å². The first-order chi connectivity index (χ1) is 6.52. The van der Waals surface area contributed by atoms with Gasteiger partial charge in [-0.3, -0.25) is 4.79 Å². The quantitative estimate of drug-likeness (QED) is 0.667. The maximum absolute atomic E-state index is 11.6. The Balaban J connectivity index is 2.51. The van der Waals surface area contributed by atoms with Crippen molar-refractivity contribution in [3.63, 3.8) is 0 Å². The lowest BCUT2D eigenvalue weighted by Crippen LogP contribution is -2.49. The van der Waals surface area contributed by atoms with E-state index in [1.165, 1.54) is 0 Å². The Bertz CT molecular complexity index is 206. The van der Waals surface area contributed by atoms with Crippen molar-refractivity contribution in [1.29, 1.82) is 0 Å². The molecule has 82 valence electrons. The molecule has 2 N–H and O–H groups in total. The first kappa shape index (κ1) is 11.5. The molecule has 1 rings (SSSR count). The van der Waals surface area contributed by atoms with E-state index in [1.54, 1.807) is 19.0 Å². The molecule has 2 unspecified atom stereocenters. The van der Waals surface area contributed by atoms with Crippen molar-refractivity contribution >= 4 is 5.91 Å². The summed E-state index contributed by atoms with van der Waals surface area (Å²) in [6.07, 6.45) is 2.22. The molecule has 14 heavy (non-hydrogen) atoms. The Labute approximate surface area is 86.0 Å². The number of hydrogen-bond donors (Lipinski definition) is 1. The summed E-state index contributed by atoms with van der Waals surface area (Å²) in [5.41, 5.74) is 5.94. The minimum absolute atomic E-state index is 0.0466. The lowest BCUT2D eigenvalue weighted by atomic mass is 9.91. The lowest BCUT2D eigenvalue weighted by Gasteiger charge is -2.33. The van der Waals surface area contributed by atoms with Crippen molar-refractivity contribution in [3.8, 4) is 0 Å². The molecule has 0 saturated carbocycles. The maximum Gasteiger partial charge on any atom is 0.239 e. The van der Waals surface area contributed by atoms with Gasteiger partial charge >= 0.3 is 0 Å². The summed E-state index contributed by atoms with van der Waals surface area (Å²) in [6, 6.07) is -0.326. The predicted molar refractivity (Wildman–Crippen MR) is 56.9 cm³/mol. The first-order valence-corrected chi connectivity index (χ1v) is 5.17. The fourth-order valence-electron chi connectivity index (χ4n) is 2.00. The van der Waals surface area contributed by atoms with E-state index in [-0.39, 0.29) is 11.9 Å². The van der Waals surface area contributed by atoms with Gasteiger partial charge in [0.2, 0.25) is 5.91 Å². The van der Waals surface area contributed by atoms with E-state index in [0.717, 1.165) is 25.9 Å². The topological polar surface area (TPSA) is 49.6 Å². The molecule has 0 aromatic rings. The fourth-order valence-corrected chi connectivity index (χ4v) is 2.00. The average molecular weight is 199 g/mol. The highest BCUT2D eigenvalue weighted by molar-refractivity contribution is 5.81. The first-order valence-electron chi connectivity index (χ1n) is 5.17. The minimum atomic E-state index is -0.326. The largest absolute Gasteiger partial charge is 0.347 e. The number of nitrogens with two attached hydrogens (primary N) is 1. The maximum atomic E-state index is 11.6. The van der Waals surface area contributed by atoms with Crippen molar-refractivity contribution in [3.05, 3.63) is 0 Å². The molecule has 0 radical (unpaired) electrons. The number of amides is 1. The summed E-state index contributed by atoms with van der Waals surface area (Å²) in [4.78, 5) is 15.5. The molecule has 1 saturated heterocycles. The van der Waals surface area contributed by atoms with Gasteiger partial charge in [-0.15, -0.1) is 0 Å². The number of rotatable bonds is 2. The van der Waals surface area contributed by atoms with Crippen LogP contribution in [0.15, 0.2) is 0 Å². The van der Waals surface area contributed by atoms with E-state index in [4.69, 9.17) is 5.73 Å². The van der Waals surface area contributed by atoms with E-state index >= 15 is 0 Å². The standard InChI is InChI=1S/C10H21N3O/c1-12(2)10(14)9(11)8-5-4-6-13(3)7-8/h8-9H,4-7,11H2,1-3H3. The number of carbonyl (C=O) groups excluding carboxylic acids is 1. The van der Waals surface area contributed by atoms with Crippen LogP contribution in [0.2, 0.25) is 0 Å². The molecule has 0 aliphatic carbocycles. The predicted octanol–water partition coefficient (Wildman–Crippen LogP) is -0.256. The number of likely N-dealkylation sites (tertiary alicyclic amines) is 1. The SMILES string of the molecule is CN1CCCC(C(N)C(=O)N(C)C)C1. The van der Waals surface area contributed by atoms with E-state index < -0.39 is 0 Å². The molecule has 0 aromatic carbocycles. The average Bonchev–Trinajstić information content (AvgIpc) is 2.15. The molecule has 0 aromatic heterocycles. The third-order valence-electron chi connectivity index (χ3n) is 2.89. The second-order valence-electron chi connectivity index (χ2n) is 4.42. The van der Waals surface area contributed by atoms with Gasteiger partial charge < -0.3 is 15.5 Å². The molecular weight excluding hydrogens is 178 g/mol. The van der Waals surface area contributed by atoms with Crippen molar-refractivity contribution in [1.82, 2.24) is 9.80 Å². The van der Waals surface area contributed by atoms with E-state index in [1.807, 2.05) is 0 Å². The van der Waals surface area contributed by atoms with Gasteiger partial charge in [-0.05, 0) is 32.4 Å². The Morgan fingerprint density at radius 2 is 2.21 bits per heavy atom. The molecular formula is C10H21N3O. The third kappa shape index (κ3) is 2.69. The number of piperidine rings is 1. The van der Waals surface area contributed by atoms with Gasteiger partial charge in [0.25, 0.3) is 0 Å². The molecule has 2 atom stereocenters. The van der Waals surface area contributed by atoms with Crippen LogP contribution in [0.5, 0.6) is 0 Å². The lowest BCUT2D eigenvalue weighted by molar-refractivity contribution is -0.131. The Morgan fingerprint density at radius 3 is 2.71 bits per heavy atom. The zero-order valence-corrected chi connectivity index (χ0v) is 9.36. The molecule has 1 aliphatic heterocycles. The van der Waals surface area contributed by atoms with Crippen LogP contribution in [0.25, 0.3) is 0 Å². The van der Waals surface area contributed by atoms with E-state index in [0.29, 0.717) is 5.92 Å². The summed E-state index contributed by atoms with van der Waals surface area (Å²) in [5, 5.41) is 0. The van der Waals surface area contributed by atoms with Gasteiger partial charge in [0.05, 0.1) is 6.04 Å². The smallest absolute Gasteiger partial charge is 0.239 e. The number of carbonyl (C=O) groups is 1. The molecule has 0 bridgehead atoms. The fraction of sp³-hybridized carbons (Fsp3) is 0.900. The second-order valence-corrected chi connectivity index (χ2v) is 4.42. The van der Waals surface area contributed by atoms with Gasteiger partial charge in [-0.2, -0.15) is 0 Å². The molecule has 0 spiro atoms. The number of nitrogens with zero attached hydrogens (tertiary/aromatic N) is 2. The van der Waals surface area contributed by atoms with E-state index in [2.05, 4.69) is 11.9 Å². The van der Waals surface area contributed by atoms with Crippen LogP contribution in [-0.2, 0) is 4.79 Å². The summed E-state index contributed by atoms with van der Waals surface area (Å²) < 4.78 is 0. The normalized spacial score (nSPS) is 25.9. The summed E-state index contributed by atoms with van der Waals surface area (Å²) in [5.74, 6) is 0.369. The second kappa shape index (κ2) is 4.75. The molecule has 4 heteroatoms. The van der Waals surface area contributed by atoms with Crippen LogP contribution < -0.4 is 5.73 Å². The monoisotopic (exact) mass is 199 g/mol. The van der Waals surface area contributed by atoms with Gasteiger partial charge in [-0.1, -0.05) is 0 Å². The van der Waals surface area contributed by atoms with Crippen molar-refractivity contribution < 1.29 is 4.79 Å². The van der Waals surface area contributed by atoms with Crippen LogP contribution in [0.4, 0.5) is 0 Å². The molecule has 1 aliphatic rings. The molecule has 4 nitrogen and oxygen atoms in total. The summed E-state index contributed by atoms with van der Waals surface area (Å²) in [6.45, 7) is 2.07. The van der Waals surface area contributed by atoms with Crippen LogP contribution in [0.1, 0.15) is 12.8 Å². The third-order valence-corrected chi connectivity index (χ3v) is 2.89. The number of hydrogen-bond acceptors (Lipinski definition) is 3. The van der Waals surface area contributed by atoms with Crippen molar-refractivity contribution in [2.45, 2.75) is 18.9 Å². The molecule has 1 fully saturated rings. The summed E-state index contributed by atoms with van der Waals surface area (Å²) >= 11 is 0. The zero-order chi connectivity index (χ0) is 10.7. The zero-order valence-electron chi connectivity index (χ0n) is 9.36. The van der Waals surface area contributed by atoms with Gasteiger partial charge in [0, 0.05) is 20.6 Å². The Morgan fingerprint density at radius 1 is 1.57 bits per heavy atom. The van der Waals surface area contributed by atoms with E-state index in [9.17, 15) is 4.79 Å². The van der Waals surface area contributed by atoms with Crippen LogP contribution in [0, 0.1) is 5.92 Å². The minimum Gasteiger partial charge on any atom is -0.347 e. The Hall–Kier alpha value is -0.610. The molecule has 1 amide bonds. The van der Waals surface area contributed by atoms with Crippen LogP contribution in [0.3, 0.4) is 0 Å². The van der Waals surface area contributed by atoms with Gasteiger partial charge in [0.1, 0.15) is 0 Å². The summed E-state index contributed by atoms with van der Waals surface area (Å²) in [7, 11) is 5.60. The van der Waals surface area contributed by atoms with Crippen LogP contribution >= 0.6 is 0 Å². The highest BCUT2D eigenvalue weighted by Crippen LogP contribution is 2.18. The van der Waals surface area contributed by atoms with Gasteiger partial charge in [0.15, 0.2) is 0 Å². The van der Waals surface area contributed by atoms with Gasteiger partial charge in [-0.25, -0.2) is 0 Å².